The molecule has 0 saturated carbocycles. The number of methoxy groups -OCH3 is 1. The van der Waals surface area contributed by atoms with Gasteiger partial charge in [-0.2, -0.15) is 5.26 Å². The summed E-state index contributed by atoms with van der Waals surface area (Å²) in [7, 11) is -1.40. The predicted octanol–water partition coefficient (Wildman–Crippen LogP) is 2.30. The van der Waals surface area contributed by atoms with Crippen LogP contribution in [0.3, 0.4) is 0 Å². The van der Waals surface area contributed by atoms with Gasteiger partial charge in [-0.15, -0.1) is 0 Å². The van der Waals surface area contributed by atoms with E-state index in [-0.39, 0.29) is 10.5 Å². The van der Waals surface area contributed by atoms with Crippen LogP contribution in [0.1, 0.15) is 30.4 Å². The number of rotatable bonds is 2. The monoisotopic (exact) mass is 289 g/mol. The third-order valence-corrected chi connectivity index (χ3v) is 6.72. The van der Waals surface area contributed by atoms with Gasteiger partial charge in [-0.1, -0.05) is 6.08 Å². The van der Waals surface area contributed by atoms with Crippen molar-refractivity contribution in [1.82, 2.24) is 0 Å². The molecule has 4 nitrogen and oxygen atoms in total. The van der Waals surface area contributed by atoms with Gasteiger partial charge in [0.05, 0.1) is 29.2 Å². The summed E-state index contributed by atoms with van der Waals surface area (Å²) in [6.45, 7) is 0. The maximum absolute atomic E-state index is 12.1. The van der Waals surface area contributed by atoms with E-state index in [1.807, 2.05) is 6.08 Å². The van der Waals surface area contributed by atoms with Gasteiger partial charge in [-0.05, 0) is 43.0 Å². The molecule has 0 aliphatic carbocycles. The molecule has 2 bridgehead atoms. The summed E-state index contributed by atoms with van der Waals surface area (Å²) < 4.78 is 29.5. The maximum Gasteiger partial charge on any atom is 0.159 e. The van der Waals surface area contributed by atoms with Gasteiger partial charge in [0, 0.05) is 5.56 Å². The predicted molar refractivity (Wildman–Crippen MR) is 76.0 cm³/mol. The summed E-state index contributed by atoms with van der Waals surface area (Å²) in [4.78, 5) is 0. The van der Waals surface area contributed by atoms with Crippen molar-refractivity contribution in [3.8, 4) is 11.8 Å². The van der Waals surface area contributed by atoms with Gasteiger partial charge in [0.25, 0.3) is 0 Å². The Kier molecular flexibility index (Phi) is 3.06. The van der Waals surface area contributed by atoms with Gasteiger partial charge in [0.1, 0.15) is 5.75 Å². The van der Waals surface area contributed by atoms with Crippen LogP contribution in [0.4, 0.5) is 0 Å². The zero-order valence-electron chi connectivity index (χ0n) is 11.2. The highest BCUT2D eigenvalue weighted by Gasteiger charge is 2.43. The molecule has 0 N–H and O–H groups in total. The van der Waals surface area contributed by atoms with E-state index in [1.54, 1.807) is 25.3 Å². The molecule has 104 valence electrons. The first-order valence-electron chi connectivity index (χ1n) is 6.58. The second kappa shape index (κ2) is 4.64. The van der Waals surface area contributed by atoms with E-state index in [1.165, 1.54) is 0 Å². The van der Waals surface area contributed by atoms with Crippen LogP contribution in [0.5, 0.6) is 5.75 Å². The molecule has 1 saturated heterocycles. The number of nitriles is 1. The van der Waals surface area contributed by atoms with Crippen molar-refractivity contribution in [3.63, 3.8) is 0 Å². The fourth-order valence-electron chi connectivity index (χ4n) is 3.09. The number of benzene rings is 1. The summed E-state index contributed by atoms with van der Waals surface area (Å²) in [6.07, 6.45) is 3.80. The second-order valence-electron chi connectivity index (χ2n) is 5.25. The molecule has 2 aliphatic rings. The van der Waals surface area contributed by atoms with E-state index >= 15 is 0 Å². The second-order valence-corrected chi connectivity index (χ2v) is 7.70. The Bertz CT molecular complexity index is 728. The summed E-state index contributed by atoms with van der Waals surface area (Å²) in [6, 6.07) is 7.36. The van der Waals surface area contributed by atoms with Gasteiger partial charge in [0.15, 0.2) is 9.84 Å². The Morgan fingerprint density at radius 2 is 2.15 bits per heavy atom. The lowest BCUT2D eigenvalue weighted by molar-refractivity contribution is 0.413. The lowest BCUT2D eigenvalue weighted by atomic mass is 9.98. The highest BCUT2D eigenvalue weighted by Crippen LogP contribution is 2.42. The molecule has 20 heavy (non-hydrogen) atoms. The number of hydrogen-bond donors (Lipinski definition) is 0. The molecule has 0 radical (unpaired) electrons. The van der Waals surface area contributed by atoms with Crippen molar-refractivity contribution in [2.24, 2.45) is 0 Å². The largest absolute Gasteiger partial charge is 0.496 e. The van der Waals surface area contributed by atoms with E-state index in [0.29, 0.717) is 24.2 Å². The molecule has 2 heterocycles. The molecule has 1 aromatic rings. The zero-order chi connectivity index (χ0) is 14.3. The van der Waals surface area contributed by atoms with E-state index in [9.17, 15) is 8.42 Å². The number of sulfone groups is 1. The van der Waals surface area contributed by atoms with Crippen molar-refractivity contribution in [3.05, 3.63) is 35.4 Å². The lowest BCUT2D eigenvalue weighted by Crippen LogP contribution is -2.26. The number of fused-ring (bicyclic) bond motifs is 2. The van der Waals surface area contributed by atoms with Crippen molar-refractivity contribution in [2.75, 3.05) is 7.11 Å². The first kappa shape index (κ1) is 13.2. The van der Waals surface area contributed by atoms with Gasteiger partial charge in [0.2, 0.25) is 0 Å². The fourth-order valence-corrected chi connectivity index (χ4v) is 5.28. The number of nitrogens with zero attached hydrogens (tertiary/aromatic N) is 1. The van der Waals surface area contributed by atoms with Crippen LogP contribution in [0, 0.1) is 11.3 Å². The standard InChI is InChI=1S/C15H15NO3S/c1-19-15-5-2-10(9-16)6-14(15)11-7-12-3-4-13(8-11)20(12,17)18/h2,5-7,12-13H,3-4,8H2,1H3. The number of hydrogen-bond acceptors (Lipinski definition) is 4. The van der Waals surface area contributed by atoms with E-state index in [0.717, 1.165) is 17.6 Å². The van der Waals surface area contributed by atoms with E-state index < -0.39 is 9.84 Å². The Morgan fingerprint density at radius 3 is 2.80 bits per heavy atom. The highest BCUT2D eigenvalue weighted by atomic mass is 32.2. The quantitative estimate of drug-likeness (QED) is 0.838. The summed E-state index contributed by atoms with van der Waals surface area (Å²) in [5.41, 5.74) is 2.39. The van der Waals surface area contributed by atoms with Gasteiger partial charge in [-0.3, -0.25) is 0 Å². The molecule has 2 unspecified atom stereocenters. The van der Waals surface area contributed by atoms with Crippen LogP contribution in [0.15, 0.2) is 24.3 Å². The van der Waals surface area contributed by atoms with Crippen LogP contribution in [-0.2, 0) is 9.84 Å². The first-order valence-corrected chi connectivity index (χ1v) is 8.19. The van der Waals surface area contributed by atoms with Crippen molar-refractivity contribution >= 4 is 15.4 Å². The topological polar surface area (TPSA) is 67.2 Å². The maximum atomic E-state index is 12.1. The Labute approximate surface area is 118 Å². The number of allylic oxidation sites excluding steroid dienone is 1. The first-order chi connectivity index (χ1) is 9.56. The Morgan fingerprint density at radius 1 is 1.35 bits per heavy atom. The highest BCUT2D eigenvalue weighted by molar-refractivity contribution is 7.93. The van der Waals surface area contributed by atoms with Crippen LogP contribution in [0.2, 0.25) is 0 Å². The van der Waals surface area contributed by atoms with Crippen LogP contribution < -0.4 is 4.74 Å². The molecule has 0 amide bonds. The average Bonchev–Trinajstić information content (AvgIpc) is 2.66. The minimum absolute atomic E-state index is 0.275. The van der Waals surface area contributed by atoms with Crippen molar-refractivity contribution in [2.45, 2.75) is 29.8 Å². The lowest BCUT2D eigenvalue weighted by Gasteiger charge is -2.22. The molecule has 5 heteroatoms. The zero-order valence-corrected chi connectivity index (χ0v) is 12.0. The minimum atomic E-state index is -2.99. The van der Waals surface area contributed by atoms with E-state index in [4.69, 9.17) is 10.00 Å². The van der Waals surface area contributed by atoms with Gasteiger partial charge in [-0.25, -0.2) is 8.42 Å². The Hall–Kier alpha value is -1.80. The molecule has 2 aliphatic heterocycles. The molecule has 2 atom stereocenters. The Balaban J connectivity index is 2.09. The number of ether oxygens (including phenoxy) is 1. The molecule has 0 spiro atoms. The molecule has 3 rings (SSSR count). The van der Waals surface area contributed by atoms with Crippen LogP contribution >= 0.6 is 0 Å². The summed E-state index contributed by atoms with van der Waals surface area (Å²) in [5, 5.41) is 8.37. The summed E-state index contributed by atoms with van der Waals surface area (Å²) >= 11 is 0. The van der Waals surface area contributed by atoms with Crippen molar-refractivity contribution < 1.29 is 13.2 Å². The third kappa shape index (κ3) is 1.92. The molecular weight excluding hydrogens is 274 g/mol. The SMILES string of the molecule is COc1ccc(C#N)cc1C1=CC2CCC(C1)S2(=O)=O. The molecule has 1 aromatic carbocycles. The summed E-state index contributed by atoms with van der Waals surface area (Å²) in [5.74, 6) is 0.689. The minimum Gasteiger partial charge on any atom is -0.496 e. The van der Waals surface area contributed by atoms with Gasteiger partial charge >= 0.3 is 0 Å². The van der Waals surface area contributed by atoms with Crippen LogP contribution in [-0.4, -0.2) is 26.0 Å². The molecule has 0 aromatic heterocycles. The fraction of sp³-hybridized carbons (Fsp3) is 0.400. The smallest absolute Gasteiger partial charge is 0.159 e. The normalized spacial score (nSPS) is 26.7. The van der Waals surface area contributed by atoms with Crippen molar-refractivity contribution in [1.29, 1.82) is 5.26 Å². The third-order valence-electron chi connectivity index (χ3n) is 4.17. The van der Waals surface area contributed by atoms with Crippen LogP contribution in [0.25, 0.3) is 5.57 Å². The molecular formula is C15H15NO3S. The van der Waals surface area contributed by atoms with E-state index in [2.05, 4.69) is 6.07 Å². The average molecular weight is 289 g/mol. The molecule has 1 fully saturated rings. The van der Waals surface area contributed by atoms with Gasteiger partial charge < -0.3 is 4.74 Å².